The van der Waals surface area contributed by atoms with E-state index in [-0.39, 0.29) is 17.6 Å². The highest BCUT2D eigenvalue weighted by Crippen LogP contribution is 2.00. The highest BCUT2D eigenvalue weighted by atomic mass is 16.5. The molecule has 19 heavy (non-hydrogen) atoms. The Morgan fingerprint density at radius 3 is 2.84 bits per heavy atom. The molecule has 1 saturated heterocycles. The SMILES string of the molecule is CC(CN1CCOCC1)NC(=O)c1cnc(N)cn1. The smallest absolute Gasteiger partial charge is 0.271 e. The molecule has 104 valence electrons. The molecule has 1 aromatic heterocycles. The summed E-state index contributed by atoms with van der Waals surface area (Å²) in [4.78, 5) is 22.0. The van der Waals surface area contributed by atoms with Gasteiger partial charge in [-0.15, -0.1) is 0 Å². The lowest BCUT2D eigenvalue weighted by atomic mass is 10.2. The number of nitrogens with zero attached hydrogens (tertiary/aromatic N) is 3. The Balaban J connectivity index is 1.82. The number of nitrogens with one attached hydrogen (secondary N) is 1. The standard InChI is InChI=1S/C12H19N5O2/c1-9(8-17-2-4-19-5-3-17)16-12(18)10-6-15-11(13)7-14-10/h6-7,9H,2-5,8H2,1H3,(H2,13,15)(H,16,18). The molecular formula is C12H19N5O2. The highest BCUT2D eigenvalue weighted by Gasteiger charge is 2.16. The summed E-state index contributed by atoms with van der Waals surface area (Å²) in [5.74, 6) is 0.0752. The van der Waals surface area contributed by atoms with Gasteiger partial charge in [-0.2, -0.15) is 0 Å². The maximum absolute atomic E-state index is 11.9. The normalized spacial score (nSPS) is 17.9. The highest BCUT2D eigenvalue weighted by molar-refractivity contribution is 5.92. The topological polar surface area (TPSA) is 93.4 Å². The molecule has 1 aliphatic rings. The predicted molar refractivity (Wildman–Crippen MR) is 70.6 cm³/mol. The molecule has 1 fully saturated rings. The molecule has 7 nitrogen and oxygen atoms in total. The Bertz CT molecular complexity index is 417. The van der Waals surface area contributed by atoms with Gasteiger partial charge in [0.1, 0.15) is 11.5 Å². The average molecular weight is 265 g/mol. The lowest BCUT2D eigenvalue weighted by Gasteiger charge is -2.29. The zero-order valence-electron chi connectivity index (χ0n) is 11.0. The second-order valence-electron chi connectivity index (χ2n) is 4.61. The zero-order valence-corrected chi connectivity index (χ0v) is 11.0. The molecule has 0 aromatic carbocycles. The van der Waals surface area contributed by atoms with Crippen LogP contribution in [0.25, 0.3) is 0 Å². The molecule has 1 atom stereocenters. The van der Waals surface area contributed by atoms with Gasteiger partial charge in [0.15, 0.2) is 0 Å². The molecule has 0 saturated carbocycles. The fourth-order valence-electron chi connectivity index (χ4n) is 1.97. The van der Waals surface area contributed by atoms with E-state index >= 15 is 0 Å². The average Bonchev–Trinajstić information content (AvgIpc) is 2.40. The number of hydrogen-bond donors (Lipinski definition) is 2. The molecule has 3 N–H and O–H groups in total. The van der Waals surface area contributed by atoms with Gasteiger partial charge in [0.05, 0.1) is 25.6 Å². The summed E-state index contributed by atoms with van der Waals surface area (Å²) in [6, 6.07) is 0.0463. The van der Waals surface area contributed by atoms with Crippen molar-refractivity contribution in [1.82, 2.24) is 20.2 Å². The van der Waals surface area contributed by atoms with Gasteiger partial charge in [-0.1, -0.05) is 0 Å². The third kappa shape index (κ3) is 4.15. The molecule has 2 rings (SSSR count). The minimum absolute atomic E-state index is 0.0463. The van der Waals surface area contributed by atoms with Gasteiger partial charge in [0, 0.05) is 25.7 Å². The summed E-state index contributed by atoms with van der Waals surface area (Å²) < 4.78 is 5.28. The first-order valence-corrected chi connectivity index (χ1v) is 6.33. The number of carbonyl (C=O) groups excluding carboxylic acids is 1. The van der Waals surface area contributed by atoms with Gasteiger partial charge in [0.2, 0.25) is 0 Å². The minimum Gasteiger partial charge on any atom is -0.382 e. The number of nitrogens with two attached hydrogens (primary N) is 1. The third-order valence-electron chi connectivity index (χ3n) is 2.92. The molecule has 1 unspecified atom stereocenters. The Labute approximate surface area is 112 Å². The first-order chi connectivity index (χ1) is 9.15. The number of nitrogen functional groups attached to an aromatic ring is 1. The van der Waals surface area contributed by atoms with Crippen LogP contribution >= 0.6 is 0 Å². The predicted octanol–water partition coefficient (Wildman–Crippen LogP) is -0.491. The first kappa shape index (κ1) is 13.7. The van der Waals surface area contributed by atoms with Crippen LogP contribution in [0.15, 0.2) is 12.4 Å². The number of aromatic nitrogens is 2. The molecule has 0 spiro atoms. The van der Waals surface area contributed by atoms with Crippen molar-refractivity contribution in [2.45, 2.75) is 13.0 Å². The summed E-state index contributed by atoms with van der Waals surface area (Å²) in [5.41, 5.74) is 5.71. The number of rotatable bonds is 4. The Morgan fingerprint density at radius 1 is 1.47 bits per heavy atom. The molecule has 0 bridgehead atoms. The lowest BCUT2D eigenvalue weighted by Crippen LogP contribution is -2.46. The summed E-state index contributed by atoms with van der Waals surface area (Å²) in [6.07, 6.45) is 2.76. The number of morpholine rings is 1. The number of amides is 1. The molecular weight excluding hydrogens is 246 g/mol. The van der Waals surface area contributed by atoms with Crippen LogP contribution in [-0.2, 0) is 4.74 Å². The van der Waals surface area contributed by atoms with E-state index in [9.17, 15) is 4.79 Å². The second kappa shape index (κ2) is 6.44. The van der Waals surface area contributed by atoms with Gasteiger partial charge >= 0.3 is 0 Å². The van der Waals surface area contributed by atoms with Crippen LogP contribution in [0.2, 0.25) is 0 Å². The summed E-state index contributed by atoms with van der Waals surface area (Å²) in [6.45, 7) is 6.09. The molecule has 0 aliphatic carbocycles. The van der Waals surface area contributed by atoms with E-state index in [1.165, 1.54) is 12.4 Å². The van der Waals surface area contributed by atoms with Crippen LogP contribution in [0.5, 0.6) is 0 Å². The summed E-state index contributed by atoms with van der Waals surface area (Å²) >= 11 is 0. The van der Waals surface area contributed by atoms with Crippen molar-refractivity contribution < 1.29 is 9.53 Å². The van der Waals surface area contributed by atoms with Crippen molar-refractivity contribution in [1.29, 1.82) is 0 Å². The van der Waals surface area contributed by atoms with Gasteiger partial charge in [-0.05, 0) is 6.92 Å². The molecule has 1 amide bonds. The van der Waals surface area contributed by atoms with Crippen molar-refractivity contribution >= 4 is 11.7 Å². The molecule has 0 radical (unpaired) electrons. The number of anilines is 1. The zero-order chi connectivity index (χ0) is 13.7. The van der Waals surface area contributed by atoms with Crippen LogP contribution in [0.1, 0.15) is 17.4 Å². The van der Waals surface area contributed by atoms with Crippen LogP contribution in [0.3, 0.4) is 0 Å². The van der Waals surface area contributed by atoms with Crippen LogP contribution in [0, 0.1) is 0 Å². The Hall–Kier alpha value is -1.73. The summed E-state index contributed by atoms with van der Waals surface area (Å²) in [7, 11) is 0. The van der Waals surface area contributed by atoms with Gasteiger partial charge < -0.3 is 15.8 Å². The van der Waals surface area contributed by atoms with E-state index < -0.39 is 0 Å². The number of carbonyl (C=O) groups is 1. The number of hydrogen-bond acceptors (Lipinski definition) is 6. The van der Waals surface area contributed by atoms with Crippen molar-refractivity contribution in [2.75, 3.05) is 38.6 Å². The Kier molecular flexibility index (Phi) is 4.64. The van der Waals surface area contributed by atoms with Crippen LogP contribution in [0.4, 0.5) is 5.82 Å². The Morgan fingerprint density at radius 2 is 2.21 bits per heavy atom. The molecule has 2 heterocycles. The van der Waals surface area contributed by atoms with E-state index in [0.717, 1.165) is 32.8 Å². The van der Waals surface area contributed by atoms with Crippen LogP contribution < -0.4 is 11.1 Å². The maximum Gasteiger partial charge on any atom is 0.271 e. The van der Waals surface area contributed by atoms with Crippen molar-refractivity contribution in [3.05, 3.63) is 18.1 Å². The number of ether oxygens (including phenoxy) is 1. The molecule has 1 aliphatic heterocycles. The first-order valence-electron chi connectivity index (χ1n) is 6.33. The fourth-order valence-corrected chi connectivity index (χ4v) is 1.97. The van der Waals surface area contributed by atoms with E-state index in [1.54, 1.807) is 0 Å². The second-order valence-corrected chi connectivity index (χ2v) is 4.61. The lowest BCUT2D eigenvalue weighted by molar-refractivity contribution is 0.0342. The maximum atomic E-state index is 11.9. The quantitative estimate of drug-likeness (QED) is 0.763. The van der Waals surface area contributed by atoms with Crippen molar-refractivity contribution in [3.8, 4) is 0 Å². The molecule has 7 heteroatoms. The van der Waals surface area contributed by atoms with Gasteiger partial charge in [0.25, 0.3) is 5.91 Å². The fraction of sp³-hybridized carbons (Fsp3) is 0.583. The van der Waals surface area contributed by atoms with Gasteiger partial charge in [-0.25, -0.2) is 9.97 Å². The van der Waals surface area contributed by atoms with Gasteiger partial charge in [-0.3, -0.25) is 9.69 Å². The largest absolute Gasteiger partial charge is 0.382 e. The van der Waals surface area contributed by atoms with E-state index in [2.05, 4.69) is 20.2 Å². The minimum atomic E-state index is -0.228. The molecule has 1 aromatic rings. The van der Waals surface area contributed by atoms with E-state index in [1.807, 2.05) is 6.92 Å². The van der Waals surface area contributed by atoms with Crippen molar-refractivity contribution in [3.63, 3.8) is 0 Å². The third-order valence-corrected chi connectivity index (χ3v) is 2.92. The van der Waals surface area contributed by atoms with E-state index in [0.29, 0.717) is 5.82 Å². The van der Waals surface area contributed by atoms with E-state index in [4.69, 9.17) is 10.5 Å². The van der Waals surface area contributed by atoms with Crippen molar-refractivity contribution in [2.24, 2.45) is 0 Å². The van der Waals surface area contributed by atoms with Crippen LogP contribution in [-0.4, -0.2) is 59.7 Å². The monoisotopic (exact) mass is 265 g/mol. The summed E-state index contributed by atoms with van der Waals surface area (Å²) in [5, 5.41) is 2.90.